The van der Waals surface area contributed by atoms with Crippen LogP contribution in [0.1, 0.15) is 38.8 Å². The zero-order chi connectivity index (χ0) is 13.4. The Bertz CT molecular complexity index is 321. The lowest BCUT2D eigenvalue weighted by molar-refractivity contribution is 0.316. The van der Waals surface area contributed by atoms with Crippen LogP contribution in [-0.4, -0.2) is 31.1 Å². The third-order valence-electron chi connectivity index (χ3n) is 3.62. The lowest BCUT2D eigenvalue weighted by Crippen LogP contribution is -2.29. The predicted octanol–water partition coefficient (Wildman–Crippen LogP) is 3.57. The van der Waals surface area contributed by atoms with Crippen LogP contribution in [0.15, 0.2) is 18.2 Å². The average Bonchev–Trinajstić information content (AvgIpc) is 2.43. The SMILES string of the molecule is CCc1cccc(CC)c1NCCN(CC)CC. The summed E-state index contributed by atoms with van der Waals surface area (Å²) in [7, 11) is 0. The van der Waals surface area contributed by atoms with Crippen LogP contribution in [-0.2, 0) is 12.8 Å². The van der Waals surface area contributed by atoms with Gasteiger partial charge in [-0.25, -0.2) is 0 Å². The normalized spacial score (nSPS) is 10.9. The highest BCUT2D eigenvalue weighted by Gasteiger charge is 2.06. The Morgan fingerprint density at radius 2 is 1.50 bits per heavy atom. The first-order chi connectivity index (χ1) is 8.76. The van der Waals surface area contributed by atoms with E-state index in [4.69, 9.17) is 0 Å². The molecule has 0 fully saturated rings. The smallest absolute Gasteiger partial charge is 0.0405 e. The summed E-state index contributed by atoms with van der Waals surface area (Å²) in [5.74, 6) is 0. The first-order valence-corrected chi connectivity index (χ1v) is 7.33. The summed E-state index contributed by atoms with van der Waals surface area (Å²) in [5, 5.41) is 3.64. The summed E-state index contributed by atoms with van der Waals surface area (Å²) >= 11 is 0. The molecule has 1 N–H and O–H groups in total. The summed E-state index contributed by atoms with van der Waals surface area (Å²) in [5.41, 5.74) is 4.25. The molecule has 0 aliphatic rings. The van der Waals surface area contributed by atoms with Crippen molar-refractivity contribution in [3.8, 4) is 0 Å². The zero-order valence-electron chi connectivity index (χ0n) is 12.4. The second-order valence-corrected chi connectivity index (χ2v) is 4.61. The molecule has 0 amide bonds. The summed E-state index contributed by atoms with van der Waals surface area (Å²) in [6.45, 7) is 13.3. The van der Waals surface area contributed by atoms with Crippen LogP contribution < -0.4 is 5.32 Å². The highest BCUT2D eigenvalue weighted by molar-refractivity contribution is 5.57. The van der Waals surface area contributed by atoms with Gasteiger partial charge in [0.05, 0.1) is 0 Å². The van der Waals surface area contributed by atoms with E-state index >= 15 is 0 Å². The van der Waals surface area contributed by atoms with Gasteiger partial charge >= 0.3 is 0 Å². The van der Waals surface area contributed by atoms with Crippen LogP contribution >= 0.6 is 0 Å². The van der Waals surface area contributed by atoms with Gasteiger partial charge < -0.3 is 10.2 Å². The van der Waals surface area contributed by atoms with Crippen LogP contribution in [0.5, 0.6) is 0 Å². The molecule has 2 heteroatoms. The molecule has 102 valence electrons. The van der Waals surface area contributed by atoms with Crippen LogP contribution in [0, 0.1) is 0 Å². The van der Waals surface area contributed by atoms with Crippen molar-refractivity contribution in [1.29, 1.82) is 0 Å². The molecule has 0 spiro atoms. The number of para-hydroxylation sites is 1. The number of nitrogens with zero attached hydrogens (tertiary/aromatic N) is 1. The van der Waals surface area contributed by atoms with Gasteiger partial charge in [-0.05, 0) is 37.1 Å². The second kappa shape index (κ2) is 8.15. The van der Waals surface area contributed by atoms with Gasteiger partial charge in [0, 0.05) is 18.8 Å². The lowest BCUT2D eigenvalue weighted by Gasteiger charge is -2.20. The summed E-state index contributed by atoms with van der Waals surface area (Å²) in [6.07, 6.45) is 2.20. The molecule has 0 atom stereocenters. The summed E-state index contributed by atoms with van der Waals surface area (Å²) in [6, 6.07) is 6.64. The zero-order valence-corrected chi connectivity index (χ0v) is 12.4. The molecule has 0 aliphatic heterocycles. The summed E-state index contributed by atoms with van der Waals surface area (Å²) in [4.78, 5) is 2.45. The number of aryl methyl sites for hydroxylation is 2. The molecular formula is C16H28N2. The van der Waals surface area contributed by atoms with Crippen molar-refractivity contribution in [1.82, 2.24) is 4.90 Å². The predicted molar refractivity (Wildman–Crippen MR) is 81.5 cm³/mol. The standard InChI is InChI=1S/C16H28N2/c1-5-14-10-9-11-15(6-2)16(14)17-12-13-18(7-3)8-4/h9-11,17H,5-8,12-13H2,1-4H3. The third-order valence-corrected chi connectivity index (χ3v) is 3.62. The number of rotatable bonds is 8. The monoisotopic (exact) mass is 248 g/mol. The number of likely N-dealkylation sites (N-methyl/N-ethyl adjacent to an activating group) is 1. The quantitative estimate of drug-likeness (QED) is 0.756. The molecule has 0 unspecified atom stereocenters. The van der Waals surface area contributed by atoms with Gasteiger partial charge in [0.15, 0.2) is 0 Å². The summed E-state index contributed by atoms with van der Waals surface area (Å²) < 4.78 is 0. The minimum absolute atomic E-state index is 1.03. The molecule has 2 nitrogen and oxygen atoms in total. The number of nitrogens with one attached hydrogen (secondary N) is 1. The van der Waals surface area contributed by atoms with E-state index in [0.717, 1.165) is 39.0 Å². The van der Waals surface area contributed by atoms with Crippen molar-refractivity contribution < 1.29 is 0 Å². The second-order valence-electron chi connectivity index (χ2n) is 4.61. The van der Waals surface area contributed by atoms with E-state index in [2.05, 4.69) is 56.1 Å². The van der Waals surface area contributed by atoms with E-state index in [1.54, 1.807) is 0 Å². The first kappa shape index (κ1) is 15.0. The average molecular weight is 248 g/mol. The van der Waals surface area contributed by atoms with Crippen LogP contribution in [0.3, 0.4) is 0 Å². The van der Waals surface area contributed by atoms with Gasteiger partial charge in [-0.2, -0.15) is 0 Å². The molecule has 1 aromatic rings. The Morgan fingerprint density at radius 1 is 0.944 bits per heavy atom. The molecule has 1 rings (SSSR count). The van der Waals surface area contributed by atoms with E-state index in [9.17, 15) is 0 Å². The van der Waals surface area contributed by atoms with Gasteiger partial charge in [0.25, 0.3) is 0 Å². The topological polar surface area (TPSA) is 15.3 Å². The highest BCUT2D eigenvalue weighted by atomic mass is 15.1. The Morgan fingerprint density at radius 3 is 1.94 bits per heavy atom. The largest absolute Gasteiger partial charge is 0.383 e. The molecule has 1 aromatic carbocycles. The Labute approximate surface area is 112 Å². The Hall–Kier alpha value is -1.02. The Balaban J connectivity index is 2.65. The van der Waals surface area contributed by atoms with Gasteiger partial charge in [0.2, 0.25) is 0 Å². The minimum Gasteiger partial charge on any atom is -0.383 e. The molecule has 0 heterocycles. The van der Waals surface area contributed by atoms with Crippen molar-refractivity contribution in [2.24, 2.45) is 0 Å². The van der Waals surface area contributed by atoms with E-state index in [1.807, 2.05) is 0 Å². The fraction of sp³-hybridized carbons (Fsp3) is 0.625. The highest BCUT2D eigenvalue weighted by Crippen LogP contribution is 2.22. The van der Waals surface area contributed by atoms with Crippen molar-refractivity contribution in [2.75, 3.05) is 31.5 Å². The van der Waals surface area contributed by atoms with Crippen molar-refractivity contribution >= 4 is 5.69 Å². The number of hydrogen-bond acceptors (Lipinski definition) is 2. The maximum absolute atomic E-state index is 3.64. The van der Waals surface area contributed by atoms with Gasteiger partial charge in [-0.1, -0.05) is 45.9 Å². The Kier molecular flexibility index (Phi) is 6.81. The molecule has 0 aromatic heterocycles. The maximum atomic E-state index is 3.64. The van der Waals surface area contributed by atoms with E-state index < -0.39 is 0 Å². The van der Waals surface area contributed by atoms with Crippen molar-refractivity contribution in [2.45, 2.75) is 40.5 Å². The molecule has 0 radical (unpaired) electrons. The minimum atomic E-state index is 1.03. The van der Waals surface area contributed by atoms with Gasteiger partial charge in [0.1, 0.15) is 0 Å². The van der Waals surface area contributed by atoms with Crippen LogP contribution in [0.25, 0.3) is 0 Å². The van der Waals surface area contributed by atoms with Crippen LogP contribution in [0.4, 0.5) is 5.69 Å². The van der Waals surface area contributed by atoms with E-state index in [0.29, 0.717) is 0 Å². The molecule has 0 saturated carbocycles. The number of hydrogen-bond donors (Lipinski definition) is 1. The molecular weight excluding hydrogens is 220 g/mol. The van der Waals surface area contributed by atoms with E-state index in [1.165, 1.54) is 16.8 Å². The molecule has 0 saturated heterocycles. The van der Waals surface area contributed by atoms with Crippen molar-refractivity contribution in [3.63, 3.8) is 0 Å². The van der Waals surface area contributed by atoms with Crippen molar-refractivity contribution in [3.05, 3.63) is 29.3 Å². The number of benzene rings is 1. The maximum Gasteiger partial charge on any atom is 0.0405 e. The molecule has 0 aliphatic carbocycles. The lowest BCUT2D eigenvalue weighted by atomic mass is 10.0. The number of anilines is 1. The fourth-order valence-corrected chi connectivity index (χ4v) is 2.35. The molecule has 18 heavy (non-hydrogen) atoms. The van der Waals surface area contributed by atoms with Crippen LogP contribution in [0.2, 0.25) is 0 Å². The van der Waals surface area contributed by atoms with Gasteiger partial charge in [-0.3, -0.25) is 0 Å². The third kappa shape index (κ3) is 4.02. The van der Waals surface area contributed by atoms with Gasteiger partial charge in [-0.15, -0.1) is 0 Å². The molecule has 0 bridgehead atoms. The fourth-order valence-electron chi connectivity index (χ4n) is 2.35. The van der Waals surface area contributed by atoms with E-state index in [-0.39, 0.29) is 0 Å². The first-order valence-electron chi connectivity index (χ1n) is 7.33.